The number of H-pyrrole nitrogens is 1. The Morgan fingerprint density at radius 1 is 0.938 bits per heavy atom. The Balaban J connectivity index is 0.0000115. The molecule has 1 aliphatic rings. The number of aromatic nitrogens is 2. The van der Waals surface area contributed by atoms with Crippen LogP contribution < -0.4 is 40.8 Å². The third kappa shape index (κ3) is 20.2. The van der Waals surface area contributed by atoms with Gasteiger partial charge in [0, 0.05) is 23.6 Å². The quantitative estimate of drug-likeness (QED) is 0.0584. The number of nitrogens with one attached hydrogen (secondary N) is 1. The Morgan fingerprint density at radius 2 is 1.54 bits per heavy atom. The zero-order chi connectivity index (χ0) is 34.3. The molecule has 0 bridgehead atoms. The van der Waals surface area contributed by atoms with Gasteiger partial charge in [-0.15, -0.1) is 0 Å². The SMILES string of the molecule is CCCCCCCCCCCCSC(CCCCCCC)C(C)OCCCOP(=O)(O)OC[C@@H]1CC[C@H](n2cc(C)c(=O)[nH]c2=O)O1.[H-].[Na+]. The molecule has 2 rings (SSSR count). The predicted octanol–water partition coefficient (Wildman–Crippen LogP) is 5.95. The average molecular weight is 729 g/mol. The van der Waals surface area contributed by atoms with E-state index in [0.717, 1.165) is 6.42 Å². The molecule has 0 amide bonds. The zero-order valence-electron chi connectivity index (χ0n) is 31.8. The van der Waals surface area contributed by atoms with Gasteiger partial charge in [-0.05, 0) is 51.7 Å². The van der Waals surface area contributed by atoms with Gasteiger partial charge in [-0.25, -0.2) is 9.36 Å². The number of phosphoric acid groups is 1. The van der Waals surface area contributed by atoms with Gasteiger partial charge >= 0.3 is 43.1 Å². The molecular formula is C35H66N2NaO8PS. The van der Waals surface area contributed by atoms with Crippen LogP contribution in [0.4, 0.5) is 0 Å². The number of phosphoric ester groups is 1. The molecule has 0 spiro atoms. The summed E-state index contributed by atoms with van der Waals surface area (Å²) in [5.74, 6) is 1.17. The van der Waals surface area contributed by atoms with Gasteiger partial charge in [0.15, 0.2) is 0 Å². The molecule has 1 aromatic rings. The van der Waals surface area contributed by atoms with Crippen LogP contribution in [0.1, 0.15) is 156 Å². The first-order valence-electron chi connectivity index (χ1n) is 18.5. The average Bonchev–Trinajstić information content (AvgIpc) is 3.52. The molecule has 1 aliphatic heterocycles. The summed E-state index contributed by atoms with van der Waals surface area (Å²) in [6.07, 6.45) is 23.1. The van der Waals surface area contributed by atoms with Crippen LogP contribution in [0.2, 0.25) is 0 Å². The Kier molecular flexibility index (Phi) is 26.6. The van der Waals surface area contributed by atoms with Crippen molar-refractivity contribution in [3.63, 3.8) is 0 Å². The van der Waals surface area contributed by atoms with Gasteiger partial charge in [-0.1, -0.05) is 104 Å². The molecule has 276 valence electrons. The van der Waals surface area contributed by atoms with E-state index in [9.17, 15) is 19.0 Å². The second-order valence-electron chi connectivity index (χ2n) is 13.1. The number of unbranched alkanes of at least 4 members (excludes halogenated alkanes) is 13. The third-order valence-corrected chi connectivity index (χ3v) is 11.4. The predicted molar refractivity (Wildman–Crippen MR) is 194 cm³/mol. The summed E-state index contributed by atoms with van der Waals surface area (Å²) < 4.78 is 36.2. The van der Waals surface area contributed by atoms with Crippen LogP contribution in [-0.2, 0) is 23.1 Å². The van der Waals surface area contributed by atoms with Crippen molar-refractivity contribution >= 4 is 19.6 Å². The number of hydrogen-bond donors (Lipinski definition) is 2. The summed E-state index contributed by atoms with van der Waals surface area (Å²) >= 11 is 2.05. The molecule has 5 atom stereocenters. The number of aryl methyl sites for hydroxylation is 1. The molecule has 0 aromatic carbocycles. The molecule has 10 nitrogen and oxygen atoms in total. The van der Waals surface area contributed by atoms with Crippen molar-refractivity contribution in [3.05, 3.63) is 32.6 Å². The summed E-state index contributed by atoms with van der Waals surface area (Å²) in [6.45, 7) is 8.65. The second-order valence-corrected chi connectivity index (χ2v) is 15.9. The molecule has 13 heteroatoms. The largest absolute Gasteiger partial charge is 1.00 e. The van der Waals surface area contributed by atoms with Crippen LogP contribution in [-0.4, -0.2) is 57.5 Å². The Labute approximate surface area is 318 Å². The van der Waals surface area contributed by atoms with Crippen LogP contribution in [0.15, 0.2) is 15.8 Å². The van der Waals surface area contributed by atoms with Crippen molar-refractivity contribution in [2.45, 2.75) is 173 Å². The van der Waals surface area contributed by atoms with Crippen molar-refractivity contribution in [3.8, 4) is 0 Å². The van der Waals surface area contributed by atoms with E-state index in [1.807, 2.05) is 0 Å². The summed E-state index contributed by atoms with van der Waals surface area (Å²) in [4.78, 5) is 36.2. The molecule has 0 aliphatic carbocycles. The molecule has 1 aromatic heterocycles. The van der Waals surface area contributed by atoms with Gasteiger partial charge in [0.2, 0.25) is 0 Å². The normalized spacial score (nSPS) is 18.8. The molecule has 2 N–H and O–H groups in total. The van der Waals surface area contributed by atoms with Crippen molar-refractivity contribution in [1.82, 2.24) is 9.55 Å². The summed E-state index contributed by atoms with van der Waals surface area (Å²) in [5.41, 5.74) is -0.579. The van der Waals surface area contributed by atoms with Gasteiger partial charge in [-0.2, -0.15) is 11.8 Å². The van der Waals surface area contributed by atoms with E-state index in [1.54, 1.807) is 6.92 Å². The maximum Gasteiger partial charge on any atom is 1.00 e. The topological polar surface area (TPSA) is 129 Å². The molecule has 3 unspecified atom stereocenters. The fourth-order valence-corrected chi connectivity index (χ4v) is 8.02. The van der Waals surface area contributed by atoms with Gasteiger partial charge in [0.05, 0.1) is 25.4 Å². The van der Waals surface area contributed by atoms with Crippen LogP contribution >= 0.6 is 19.6 Å². The molecule has 0 radical (unpaired) electrons. The number of nitrogens with zero attached hydrogens (tertiary/aromatic N) is 1. The maximum absolute atomic E-state index is 12.5. The monoisotopic (exact) mass is 728 g/mol. The Morgan fingerprint density at radius 3 is 2.19 bits per heavy atom. The minimum absolute atomic E-state index is 0. The standard InChI is InChI=1S/C35H65N2O8PS.Na.H/c1-5-7-9-11-12-13-14-15-17-19-26-47-32(21-18-16-10-8-6-2)30(4)42-24-20-25-43-46(40,41)44-28-31-22-23-33(45-31)37-27-29(3)34(38)36-35(37)39;;/h27,30-33H,5-26,28H2,1-4H3,(H,40,41)(H,36,38,39);;/q;+1;-1/t30?,31-,32?,33+;;/m0../s1. The van der Waals surface area contributed by atoms with E-state index in [-0.39, 0.29) is 50.3 Å². The minimum atomic E-state index is -4.26. The fraction of sp³-hybridized carbons (Fsp3) is 0.886. The summed E-state index contributed by atoms with van der Waals surface area (Å²) in [7, 11) is -4.26. The van der Waals surface area contributed by atoms with Crippen molar-refractivity contribution in [2.24, 2.45) is 0 Å². The van der Waals surface area contributed by atoms with Crippen molar-refractivity contribution in [1.29, 1.82) is 0 Å². The first-order chi connectivity index (χ1) is 22.7. The fourth-order valence-electron chi connectivity index (χ4n) is 5.87. The number of rotatable bonds is 29. The van der Waals surface area contributed by atoms with Crippen LogP contribution in [0, 0.1) is 6.92 Å². The first kappa shape index (κ1) is 46.1. The zero-order valence-corrected chi connectivity index (χ0v) is 34.5. The first-order valence-corrected chi connectivity index (χ1v) is 21.0. The minimum Gasteiger partial charge on any atom is -1.00 e. The molecule has 48 heavy (non-hydrogen) atoms. The van der Waals surface area contributed by atoms with Crippen LogP contribution in [0.3, 0.4) is 0 Å². The second kappa shape index (κ2) is 27.7. The molecule has 2 heterocycles. The van der Waals surface area contributed by atoms with Gasteiger partial charge in [0.1, 0.15) is 6.23 Å². The Bertz CT molecular complexity index is 1130. The molecular weight excluding hydrogens is 662 g/mol. The van der Waals surface area contributed by atoms with E-state index in [4.69, 9.17) is 18.5 Å². The Hall–Kier alpha value is 0.0600. The van der Waals surface area contributed by atoms with Crippen LogP contribution in [0.5, 0.6) is 0 Å². The smallest absolute Gasteiger partial charge is 1.00 e. The number of ether oxygens (including phenoxy) is 2. The molecule has 0 saturated carbocycles. The van der Waals surface area contributed by atoms with Crippen LogP contribution in [0.25, 0.3) is 0 Å². The molecule has 1 fully saturated rings. The van der Waals surface area contributed by atoms with Crippen molar-refractivity contribution < 1.29 is 59.0 Å². The van der Waals surface area contributed by atoms with Gasteiger partial charge < -0.3 is 15.8 Å². The number of hydrogen-bond acceptors (Lipinski definition) is 8. The summed E-state index contributed by atoms with van der Waals surface area (Å²) in [5, 5.41) is 0.453. The summed E-state index contributed by atoms with van der Waals surface area (Å²) in [6, 6.07) is 0. The molecule has 1 saturated heterocycles. The van der Waals surface area contributed by atoms with Gasteiger partial charge in [0.25, 0.3) is 5.56 Å². The van der Waals surface area contributed by atoms with E-state index in [0.29, 0.717) is 36.7 Å². The number of aromatic amines is 1. The van der Waals surface area contributed by atoms with E-state index in [1.165, 1.54) is 113 Å². The maximum atomic E-state index is 12.5. The van der Waals surface area contributed by atoms with E-state index < -0.39 is 31.4 Å². The van der Waals surface area contributed by atoms with Crippen molar-refractivity contribution in [2.75, 3.05) is 25.6 Å². The van der Waals surface area contributed by atoms with E-state index >= 15 is 0 Å². The van der Waals surface area contributed by atoms with Gasteiger partial charge in [-0.3, -0.25) is 23.4 Å². The third-order valence-electron chi connectivity index (χ3n) is 8.83. The van der Waals surface area contributed by atoms with E-state index in [2.05, 4.69) is 37.5 Å². The number of thioether (sulfide) groups is 1.